The molecule has 1 aliphatic rings. The van der Waals surface area contributed by atoms with Crippen LogP contribution in [-0.4, -0.2) is 44.2 Å². The Morgan fingerprint density at radius 3 is 2.27 bits per heavy atom. The lowest BCUT2D eigenvalue weighted by Gasteiger charge is -2.36. The highest BCUT2D eigenvalue weighted by molar-refractivity contribution is 5.46. The van der Waals surface area contributed by atoms with Gasteiger partial charge in [0.05, 0.1) is 0 Å². The molecular weight excluding hydrogens is 279 g/mol. The molecule has 1 fully saturated rings. The largest absolute Gasteiger partial charge is 0.489 e. The second-order valence-electron chi connectivity index (χ2n) is 5.44. The van der Waals surface area contributed by atoms with E-state index in [1.807, 2.05) is 6.07 Å². The van der Waals surface area contributed by atoms with Gasteiger partial charge in [0.25, 0.3) is 0 Å². The number of halogens is 1. The summed E-state index contributed by atoms with van der Waals surface area (Å²) in [5.74, 6) is 0.0434. The van der Waals surface area contributed by atoms with E-state index < -0.39 is 0 Å². The number of hydrogen-bond acceptors (Lipinski definition) is 3. The molecule has 0 unspecified atom stereocenters. The molecule has 0 aromatic heterocycles. The van der Waals surface area contributed by atoms with Crippen molar-refractivity contribution >= 4 is 5.69 Å². The van der Waals surface area contributed by atoms with Gasteiger partial charge in [-0.15, -0.1) is 0 Å². The van der Waals surface area contributed by atoms with Crippen molar-refractivity contribution in [2.24, 2.45) is 0 Å². The van der Waals surface area contributed by atoms with E-state index in [9.17, 15) is 4.39 Å². The SMILES string of the molecule is Fc1ccccc1OCCN1CCN(c2ccccc2)CC1. The summed E-state index contributed by atoms with van der Waals surface area (Å²) < 4.78 is 19.0. The van der Waals surface area contributed by atoms with Crippen LogP contribution in [0.1, 0.15) is 0 Å². The molecule has 1 heterocycles. The van der Waals surface area contributed by atoms with Crippen molar-refractivity contribution in [3.05, 3.63) is 60.4 Å². The lowest BCUT2D eigenvalue weighted by Crippen LogP contribution is -2.47. The molecular formula is C18H21FN2O. The van der Waals surface area contributed by atoms with Crippen LogP contribution >= 0.6 is 0 Å². The van der Waals surface area contributed by atoms with Gasteiger partial charge in [-0.25, -0.2) is 4.39 Å². The fourth-order valence-electron chi connectivity index (χ4n) is 2.71. The fourth-order valence-corrected chi connectivity index (χ4v) is 2.71. The zero-order chi connectivity index (χ0) is 15.2. The first-order valence-electron chi connectivity index (χ1n) is 7.72. The Kier molecular flexibility index (Phi) is 4.91. The van der Waals surface area contributed by atoms with E-state index in [2.05, 4.69) is 34.1 Å². The van der Waals surface area contributed by atoms with E-state index in [1.54, 1.807) is 18.2 Å². The minimum atomic E-state index is -0.295. The van der Waals surface area contributed by atoms with E-state index >= 15 is 0 Å². The van der Waals surface area contributed by atoms with Gasteiger partial charge < -0.3 is 9.64 Å². The monoisotopic (exact) mass is 300 g/mol. The molecule has 0 amide bonds. The summed E-state index contributed by atoms with van der Waals surface area (Å²) in [6.07, 6.45) is 0. The number of benzene rings is 2. The molecule has 0 aliphatic carbocycles. The minimum Gasteiger partial charge on any atom is -0.489 e. The molecule has 2 aromatic rings. The smallest absolute Gasteiger partial charge is 0.165 e. The minimum absolute atomic E-state index is 0.295. The van der Waals surface area contributed by atoms with Crippen molar-refractivity contribution in [3.63, 3.8) is 0 Å². The van der Waals surface area contributed by atoms with Crippen molar-refractivity contribution in [1.82, 2.24) is 4.90 Å². The summed E-state index contributed by atoms with van der Waals surface area (Å²) in [6.45, 7) is 5.40. The van der Waals surface area contributed by atoms with Gasteiger partial charge in [0.15, 0.2) is 11.6 Å². The molecule has 116 valence electrons. The maximum atomic E-state index is 13.4. The van der Waals surface area contributed by atoms with Gasteiger partial charge in [-0.05, 0) is 24.3 Å². The zero-order valence-corrected chi connectivity index (χ0v) is 12.6. The van der Waals surface area contributed by atoms with Gasteiger partial charge in [0, 0.05) is 38.4 Å². The van der Waals surface area contributed by atoms with Gasteiger partial charge in [-0.1, -0.05) is 30.3 Å². The molecule has 1 aliphatic heterocycles. The first kappa shape index (κ1) is 14.9. The number of hydrogen-bond donors (Lipinski definition) is 0. The number of nitrogens with zero attached hydrogens (tertiary/aromatic N) is 2. The summed E-state index contributed by atoms with van der Waals surface area (Å²) in [6, 6.07) is 17.0. The first-order chi connectivity index (χ1) is 10.8. The highest BCUT2D eigenvalue weighted by Crippen LogP contribution is 2.17. The molecule has 0 atom stereocenters. The molecule has 0 radical (unpaired) electrons. The van der Waals surface area contributed by atoms with E-state index in [1.165, 1.54) is 11.8 Å². The van der Waals surface area contributed by atoms with Crippen LogP contribution in [0.4, 0.5) is 10.1 Å². The van der Waals surface area contributed by atoms with Crippen LogP contribution in [0, 0.1) is 5.82 Å². The third kappa shape index (κ3) is 3.77. The first-order valence-corrected chi connectivity index (χ1v) is 7.72. The van der Waals surface area contributed by atoms with Crippen LogP contribution in [0.15, 0.2) is 54.6 Å². The van der Waals surface area contributed by atoms with Crippen molar-refractivity contribution in [2.75, 3.05) is 44.2 Å². The topological polar surface area (TPSA) is 15.7 Å². The van der Waals surface area contributed by atoms with E-state index in [-0.39, 0.29) is 5.82 Å². The van der Waals surface area contributed by atoms with Crippen LogP contribution in [-0.2, 0) is 0 Å². The van der Waals surface area contributed by atoms with Gasteiger partial charge in [0.1, 0.15) is 6.61 Å². The average molecular weight is 300 g/mol. The second-order valence-corrected chi connectivity index (χ2v) is 5.44. The Labute approximate surface area is 130 Å². The third-order valence-corrected chi connectivity index (χ3v) is 4.00. The molecule has 0 spiro atoms. The second kappa shape index (κ2) is 7.27. The molecule has 3 nitrogen and oxygen atoms in total. The average Bonchev–Trinajstić information content (AvgIpc) is 2.58. The number of para-hydroxylation sites is 2. The van der Waals surface area contributed by atoms with Crippen molar-refractivity contribution in [1.29, 1.82) is 0 Å². The molecule has 0 bridgehead atoms. The molecule has 4 heteroatoms. The number of rotatable bonds is 5. The van der Waals surface area contributed by atoms with Crippen molar-refractivity contribution in [3.8, 4) is 5.75 Å². The van der Waals surface area contributed by atoms with Crippen LogP contribution in [0.3, 0.4) is 0 Å². The van der Waals surface area contributed by atoms with E-state index in [0.717, 1.165) is 32.7 Å². The molecule has 2 aromatic carbocycles. The maximum absolute atomic E-state index is 13.4. The van der Waals surface area contributed by atoms with Crippen LogP contribution in [0.25, 0.3) is 0 Å². The normalized spacial score (nSPS) is 15.8. The highest BCUT2D eigenvalue weighted by Gasteiger charge is 2.16. The van der Waals surface area contributed by atoms with Crippen molar-refractivity contribution in [2.45, 2.75) is 0 Å². The predicted molar refractivity (Wildman–Crippen MR) is 87.0 cm³/mol. The number of piperazine rings is 1. The third-order valence-electron chi connectivity index (χ3n) is 4.00. The van der Waals surface area contributed by atoms with Gasteiger partial charge >= 0.3 is 0 Å². The fraction of sp³-hybridized carbons (Fsp3) is 0.333. The Morgan fingerprint density at radius 2 is 1.55 bits per heavy atom. The molecule has 22 heavy (non-hydrogen) atoms. The quantitative estimate of drug-likeness (QED) is 0.844. The Bertz CT molecular complexity index is 583. The number of anilines is 1. The van der Waals surface area contributed by atoms with E-state index in [0.29, 0.717) is 12.4 Å². The summed E-state index contributed by atoms with van der Waals surface area (Å²) in [4.78, 5) is 4.76. The number of ether oxygens (including phenoxy) is 1. The standard InChI is InChI=1S/C18H21FN2O/c19-17-8-4-5-9-18(17)22-15-14-20-10-12-21(13-11-20)16-6-2-1-3-7-16/h1-9H,10-15H2. The maximum Gasteiger partial charge on any atom is 0.165 e. The predicted octanol–water partition coefficient (Wildman–Crippen LogP) is 3.03. The lowest BCUT2D eigenvalue weighted by atomic mass is 10.2. The summed E-state index contributed by atoms with van der Waals surface area (Å²) in [7, 11) is 0. The van der Waals surface area contributed by atoms with Crippen molar-refractivity contribution < 1.29 is 9.13 Å². The lowest BCUT2D eigenvalue weighted by molar-refractivity contribution is 0.197. The molecule has 3 rings (SSSR count). The van der Waals surface area contributed by atoms with Gasteiger partial charge in [-0.2, -0.15) is 0 Å². The molecule has 1 saturated heterocycles. The highest BCUT2D eigenvalue weighted by atomic mass is 19.1. The zero-order valence-electron chi connectivity index (χ0n) is 12.6. The Balaban J connectivity index is 1.42. The summed E-state index contributed by atoms with van der Waals surface area (Å²) in [5.41, 5.74) is 1.28. The van der Waals surface area contributed by atoms with E-state index in [4.69, 9.17) is 4.74 Å². The van der Waals surface area contributed by atoms with Crippen LogP contribution in [0.2, 0.25) is 0 Å². The molecule has 0 N–H and O–H groups in total. The van der Waals surface area contributed by atoms with Gasteiger partial charge in [-0.3, -0.25) is 4.90 Å². The van der Waals surface area contributed by atoms with Gasteiger partial charge in [0.2, 0.25) is 0 Å². The summed E-state index contributed by atoms with van der Waals surface area (Å²) in [5, 5.41) is 0. The van der Waals surface area contributed by atoms with Crippen LogP contribution < -0.4 is 9.64 Å². The Hall–Kier alpha value is -2.07. The Morgan fingerprint density at radius 1 is 0.864 bits per heavy atom. The van der Waals surface area contributed by atoms with Crippen LogP contribution in [0.5, 0.6) is 5.75 Å². The summed E-state index contributed by atoms with van der Waals surface area (Å²) >= 11 is 0. The molecule has 0 saturated carbocycles.